The predicted molar refractivity (Wildman–Crippen MR) is 141 cm³/mol. The van der Waals surface area contributed by atoms with Gasteiger partial charge in [0.15, 0.2) is 11.5 Å². The lowest BCUT2D eigenvalue weighted by atomic mass is 10.2. The summed E-state index contributed by atoms with van der Waals surface area (Å²) in [6, 6.07) is 17.1. The molecule has 0 aliphatic carbocycles. The first-order valence-corrected chi connectivity index (χ1v) is 12.8. The number of carbonyl (C=O) groups excluding carboxylic acids is 2. The molecule has 0 spiro atoms. The molecule has 0 radical (unpaired) electrons. The fourth-order valence-corrected chi connectivity index (χ4v) is 4.90. The molecule has 0 aliphatic heterocycles. The van der Waals surface area contributed by atoms with E-state index in [1.807, 2.05) is 6.92 Å². The molecule has 196 valence electrons. The molecule has 0 saturated carbocycles. The lowest BCUT2D eigenvalue weighted by Gasteiger charge is -2.25. The molecule has 2 N–H and O–H groups in total. The first kappa shape index (κ1) is 27.3. The molecule has 0 heterocycles. The average molecular weight is 528 g/mol. The number of hydrogen-bond acceptors (Lipinski definition) is 7. The van der Waals surface area contributed by atoms with E-state index in [2.05, 4.69) is 10.6 Å². The summed E-state index contributed by atoms with van der Waals surface area (Å²) in [6.45, 7) is 3.19. The molecular weight excluding hydrogens is 498 g/mol. The predicted octanol–water partition coefficient (Wildman–Crippen LogP) is 3.89. The Bertz CT molecular complexity index is 1340. The Morgan fingerprint density at radius 1 is 0.838 bits per heavy atom. The lowest BCUT2D eigenvalue weighted by Crippen LogP contribution is -2.38. The number of sulfonamides is 1. The number of nitrogens with zero attached hydrogens (tertiary/aromatic N) is 1. The number of amides is 2. The van der Waals surface area contributed by atoms with Crippen molar-refractivity contribution < 1.29 is 32.2 Å². The third-order valence-electron chi connectivity index (χ3n) is 5.15. The maximum atomic E-state index is 13.7. The van der Waals surface area contributed by atoms with Crippen LogP contribution in [0.1, 0.15) is 13.8 Å². The van der Waals surface area contributed by atoms with Crippen LogP contribution < -0.4 is 29.1 Å². The maximum Gasteiger partial charge on any atom is 0.264 e. The van der Waals surface area contributed by atoms with Crippen LogP contribution in [0.3, 0.4) is 0 Å². The molecule has 2 amide bonds. The second-order valence-electron chi connectivity index (χ2n) is 7.76. The van der Waals surface area contributed by atoms with Gasteiger partial charge in [-0.15, -0.1) is 0 Å². The largest absolute Gasteiger partial charge is 0.494 e. The van der Waals surface area contributed by atoms with Gasteiger partial charge in [-0.1, -0.05) is 0 Å². The monoisotopic (exact) mass is 527 g/mol. The summed E-state index contributed by atoms with van der Waals surface area (Å²) in [7, 11) is -1.34. The highest BCUT2D eigenvalue weighted by Gasteiger charge is 2.28. The minimum absolute atomic E-state index is 0.0773. The van der Waals surface area contributed by atoms with Crippen LogP contribution in [-0.2, 0) is 19.6 Å². The number of hydrogen-bond donors (Lipinski definition) is 2. The number of carbonyl (C=O) groups is 2. The number of rotatable bonds is 11. The summed E-state index contributed by atoms with van der Waals surface area (Å²) < 4.78 is 44.4. The first-order valence-electron chi connectivity index (χ1n) is 11.3. The molecule has 0 bridgehead atoms. The van der Waals surface area contributed by atoms with E-state index in [-0.39, 0.29) is 22.2 Å². The Labute approximate surface area is 216 Å². The van der Waals surface area contributed by atoms with E-state index >= 15 is 0 Å². The normalized spacial score (nSPS) is 10.8. The Balaban J connectivity index is 1.92. The minimum Gasteiger partial charge on any atom is -0.494 e. The molecule has 3 aromatic carbocycles. The van der Waals surface area contributed by atoms with Crippen LogP contribution in [0.15, 0.2) is 71.6 Å². The van der Waals surface area contributed by atoms with Crippen LogP contribution in [0, 0.1) is 0 Å². The molecule has 0 fully saturated rings. The van der Waals surface area contributed by atoms with Gasteiger partial charge in [0.1, 0.15) is 12.3 Å². The van der Waals surface area contributed by atoms with Crippen LogP contribution >= 0.6 is 0 Å². The molecular formula is C26H29N3O7S. The van der Waals surface area contributed by atoms with Gasteiger partial charge in [0.25, 0.3) is 10.0 Å². The van der Waals surface area contributed by atoms with E-state index in [1.54, 1.807) is 48.5 Å². The van der Waals surface area contributed by atoms with Crippen molar-refractivity contribution in [1.82, 2.24) is 0 Å². The molecule has 10 nitrogen and oxygen atoms in total. The summed E-state index contributed by atoms with van der Waals surface area (Å²) in [5, 5.41) is 5.33. The summed E-state index contributed by atoms with van der Waals surface area (Å²) in [5.74, 6) is 0.389. The number of benzene rings is 3. The van der Waals surface area contributed by atoms with Crippen molar-refractivity contribution in [2.45, 2.75) is 18.7 Å². The smallest absolute Gasteiger partial charge is 0.264 e. The van der Waals surface area contributed by atoms with Crippen molar-refractivity contribution >= 4 is 38.9 Å². The summed E-state index contributed by atoms with van der Waals surface area (Å²) in [6.07, 6.45) is 0. The van der Waals surface area contributed by atoms with Gasteiger partial charge >= 0.3 is 0 Å². The van der Waals surface area contributed by atoms with Crippen molar-refractivity contribution in [1.29, 1.82) is 0 Å². The highest BCUT2D eigenvalue weighted by Crippen LogP contribution is 2.32. The second-order valence-corrected chi connectivity index (χ2v) is 9.62. The van der Waals surface area contributed by atoms with E-state index in [4.69, 9.17) is 14.2 Å². The maximum absolute atomic E-state index is 13.7. The molecule has 37 heavy (non-hydrogen) atoms. The van der Waals surface area contributed by atoms with Crippen LogP contribution in [-0.4, -0.2) is 47.6 Å². The average Bonchev–Trinajstić information content (AvgIpc) is 2.88. The molecule has 0 aliphatic rings. The first-order chi connectivity index (χ1) is 17.7. The molecule has 3 aromatic rings. The molecule has 0 aromatic heterocycles. The van der Waals surface area contributed by atoms with Gasteiger partial charge in [0.05, 0.1) is 31.4 Å². The highest BCUT2D eigenvalue weighted by molar-refractivity contribution is 7.92. The van der Waals surface area contributed by atoms with Gasteiger partial charge < -0.3 is 24.8 Å². The van der Waals surface area contributed by atoms with E-state index in [9.17, 15) is 18.0 Å². The van der Waals surface area contributed by atoms with Crippen molar-refractivity contribution in [2.24, 2.45) is 0 Å². The van der Waals surface area contributed by atoms with E-state index < -0.39 is 22.5 Å². The molecule has 3 rings (SSSR count). The van der Waals surface area contributed by atoms with Crippen molar-refractivity contribution in [3.05, 3.63) is 66.7 Å². The highest BCUT2D eigenvalue weighted by atomic mass is 32.2. The van der Waals surface area contributed by atoms with Crippen molar-refractivity contribution in [3.63, 3.8) is 0 Å². The van der Waals surface area contributed by atoms with Crippen LogP contribution in [0.25, 0.3) is 0 Å². The Hall–Kier alpha value is -4.25. The molecule has 0 atom stereocenters. The number of methoxy groups -OCH3 is 2. The van der Waals surface area contributed by atoms with Crippen LogP contribution in [0.5, 0.6) is 17.2 Å². The second kappa shape index (κ2) is 12.1. The van der Waals surface area contributed by atoms with Gasteiger partial charge in [0.2, 0.25) is 11.8 Å². The molecule has 0 saturated heterocycles. The zero-order valence-electron chi connectivity index (χ0n) is 21.0. The third-order valence-corrected chi connectivity index (χ3v) is 6.92. The summed E-state index contributed by atoms with van der Waals surface area (Å²) in [5.41, 5.74) is 1.28. The van der Waals surface area contributed by atoms with Gasteiger partial charge in [-0.25, -0.2) is 8.42 Å². The molecule has 11 heteroatoms. The lowest BCUT2D eigenvalue weighted by molar-refractivity contribution is -0.115. The number of anilines is 3. The van der Waals surface area contributed by atoms with Gasteiger partial charge in [-0.3, -0.25) is 13.9 Å². The fraction of sp³-hybridized carbons (Fsp3) is 0.231. The van der Waals surface area contributed by atoms with E-state index in [0.717, 1.165) is 4.31 Å². The fourth-order valence-electron chi connectivity index (χ4n) is 3.47. The molecule has 0 unspecified atom stereocenters. The van der Waals surface area contributed by atoms with E-state index in [1.165, 1.54) is 39.3 Å². The number of nitrogens with one attached hydrogen (secondary N) is 2. The van der Waals surface area contributed by atoms with Gasteiger partial charge in [-0.2, -0.15) is 0 Å². The number of ether oxygens (including phenoxy) is 3. The van der Waals surface area contributed by atoms with Crippen LogP contribution in [0.4, 0.5) is 17.1 Å². The zero-order valence-corrected chi connectivity index (χ0v) is 21.8. The van der Waals surface area contributed by atoms with Crippen molar-refractivity contribution in [2.75, 3.05) is 42.3 Å². The van der Waals surface area contributed by atoms with Crippen LogP contribution in [0.2, 0.25) is 0 Å². The topological polar surface area (TPSA) is 123 Å². The van der Waals surface area contributed by atoms with E-state index in [0.29, 0.717) is 29.5 Å². The minimum atomic E-state index is -4.20. The third kappa shape index (κ3) is 6.91. The Morgan fingerprint density at radius 3 is 1.97 bits per heavy atom. The van der Waals surface area contributed by atoms with Crippen molar-refractivity contribution in [3.8, 4) is 17.2 Å². The SMILES string of the molecule is CCOc1ccc(N(CC(=O)Nc2ccc(NC(C)=O)cc2)S(=O)(=O)c2ccc(OC)c(OC)c2)cc1. The summed E-state index contributed by atoms with van der Waals surface area (Å²) in [4.78, 5) is 24.1. The Kier molecular flexibility index (Phi) is 8.96. The Morgan fingerprint density at radius 2 is 1.43 bits per heavy atom. The summed E-state index contributed by atoms with van der Waals surface area (Å²) >= 11 is 0. The zero-order chi connectivity index (χ0) is 27.0. The van der Waals surface area contributed by atoms with Gasteiger partial charge in [0, 0.05) is 24.4 Å². The van der Waals surface area contributed by atoms with Gasteiger partial charge in [-0.05, 0) is 67.6 Å². The quantitative estimate of drug-likeness (QED) is 0.388. The standard InChI is InChI=1S/C26H29N3O7S/c1-5-36-22-12-10-21(11-13-22)29(37(32,33)23-14-15-24(34-3)25(16-23)35-4)17-26(31)28-20-8-6-19(7-9-20)27-18(2)30/h6-16H,5,17H2,1-4H3,(H,27,30)(H,28,31).